The summed E-state index contributed by atoms with van der Waals surface area (Å²) < 4.78 is 26.4. The molecule has 28 heavy (non-hydrogen) atoms. The van der Waals surface area contributed by atoms with Crippen molar-refractivity contribution in [1.29, 1.82) is 0 Å². The van der Waals surface area contributed by atoms with E-state index in [1.165, 1.54) is 82.8 Å². The maximum absolute atomic E-state index is 13.3. The SMILES string of the molecule is CCCC[C@H]1CC[C@H](C=C[C@H]2CC[C@H](CCc3ccc(F)c(F)c3)CC2)CC1. The molecule has 156 valence electrons. The van der Waals surface area contributed by atoms with E-state index in [0.29, 0.717) is 0 Å². The van der Waals surface area contributed by atoms with Crippen LogP contribution in [0.4, 0.5) is 8.78 Å². The van der Waals surface area contributed by atoms with E-state index in [4.69, 9.17) is 0 Å². The molecular formula is C26H38F2. The zero-order chi connectivity index (χ0) is 19.8. The van der Waals surface area contributed by atoms with Crippen molar-refractivity contribution in [2.24, 2.45) is 23.7 Å². The van der Waals surface area contributed by atoms with Crippen LogP contribution in [0, 0.1) is 35.3 Å². The van der Waals surface area contributed by atoms with Gasteiger partial charge in [0.05, 0.1) is 0 Å². The minimum Gasteiger partial charge on any atom is -0.204 e. The van der Waals surface area contributed by atoms with Crippen molar-refractivity contribution in [2.45, 2.75) is 90.4 Å². The van der Waals surface area contributed by atoms with Crippen LogP contribution >= 0.6 is 0 Å². The van der Waals surface area contributed by atoms with Crippen LogP contribution in [0.15, 0.2) is 30.4 Å². The summed E-state index contributed by atoms with van der Waals surface area (Å²) >= 11 is 0. The number of allylic oxidation sites excluding steroid dienone is 2. The summed E-state index contributed by atoms with van der Waals surface area (Å²) in [6, 6.07) is 4.34. The molecule has 0 aliphatic heterocycles. The first-order chi connectivity index (χ1) is 13.6. The molecule has 2 saturated carbocycles. The number of benzene rings is 1. The fraction of sp³-hybridized carbons (Fsp3) is 0.692. The average Bonchev–Trinajstić information content (AvgIpc) is 2.73. The molecule has 2 aliphatic rings. The van der Waals surface area contributed by atoms with Crippen molar-refractivity contribution in [1.82, 2.24) is 0 Å². The monoisotopic (exact) mass is 388 g/mol. The Labute approximate surface area is 170 Å². The van der Waals surface area contributed by atoms with E-state index in [-0.39, 0.29) is 0 Å². The lowest BCUT2D eigenvalue weighted by molar-refractivity contribution is 0.283. The number of hydrogen-bond acceptors (Lipinski definition) is 0. The molecule has 0 spiro atoms. The van der Waals surface area contributed by atoms with Gasteiger partial charge in [-0.3, -0.25) is 0 Å². The summed E-state index contributed by atoms with van der Waals surface area (Å²) in [5, 5.41) is 0. The van der Waals surface area contributed by atoms with Gasteiger partial charge < -0.3 is 0 Å². The molecule has 1 aromatic rings. The minimum atomic E-state index is -0.745. The number of hydrogen-bond donors (Lipinski definition) is 0. The molecule has 0 atom stereocenters. The van der Waals surface area contributed by atoms with Crippen LogP contribution < -0.4 is 0 Å². The van der Waals surface area contributed by atoms with Gasteiger partial charge in [0.1, 0.15) is 0 Å². The highest BCUT2D eigenvalue weighted by atomic mass is 19.2. The normalized spacial score (nSPS) is 28.7. The molecule has 2 fully saturated rings. The summed E-state index contributed by atoms with van der Waals surface area (Å²) in [5.41, 5.74) is 0.926. The molecule has 3 rings (SSSR count). The molecule has 0 radical (unpaired) electrons. The van der Waals surface area contributed by atoms with E-state index in [1.807, 2.05) is 0 Å². The van der Waals surface area contributed by atoms with E-state index < -0.39 is 11.6 Å². The van der Waals surface area contributed by atoms with Gasteiger partial charge in [-0.1, -0.05) is 44.4 Å². The van der Waals surface area contributed by atoms with Gasteiger partial charge in [0.25, 0.3) is 0 Å². The summed E-state index contributed by atoms with van der Waals surface area (Å²) in [4.78, 5) is 0. The molecule has 0 nitrogen and oxygen atoms in total. The second-order valence-corrected chi connectivity index (χ2v) is 9.38. The number of halogens is 2. The largest absolute Gasteiger partial charge is 0.204 e. The third-order valence-corrected chi connectivity index (χ3v) is 7.23. The Balaban J connectivity index is 1.33. The molecule has 0 saturated heterocycles. The number of unbranched alkanes of at least 4 members (excludes halogenated alkanes) is 1. The van der Waals surface area contributed by atoms with E-state index in [0.717, 1.165) is 42.1 Å². The van der Waals surface area contributed by atoms with E-state index in [2.05, 4.69) is 19.1 Å². The Morgan fingerprint density at radius 1 is 0.786 bits per heavy atom. The Kier molecular flexibility index (Phi) is 8.55. The number of rotatable bonds is 8. The molecule has 0 heterocycles. The topological polar surface area (TPSA) is 0 Å². The second-order valence-electron chi connectivity index (χ2n) is 9.38. The first-order valence-corrected chi connectivity index (χ1v) is 11.8. The highest BCUT2D eigenvalue weighted by Crippen LogP contribution is 2.35. The molecular weight excluding hydrogens is 350 g/mol. The van der Waals surface area contributed by atoms with Crippen LogP contribution in [0.3, 0.4) is 0 Å². The van der Waals surface area contributed by atoms with Crippen LogP contribution in [0.1, 0.15) is 89.5 Å². The first kappa shape index (κ1) is 21.5. The predicted molar refractivity (Wildman–Crippen MR) is 114 cm³/mol. The van der Waals surface area contributed by atoms with Crippen LogP contribution in [-0.2, 0) is 6.42 Å². The van der Waals surface area contributed by atoms with Crippen LogP contribution in [-0.4, -0.2) is 0 Å². The first-order valence-electron chi connectivity index (χ1n) is 11.8. The highest BCUT2D eigenvalue weighted by Gasteiger charge is 2.22. The maximum atomic E-state index is 13.3. The van der Waals surface area contributed by atoms with Crippen molar-refractivity contribution >= 4 is 0 Å². The molecule has 1 aromatic carbocycles. The molecule has 0 aromatic heterocycles. The van der Waals surface area contributed by atoms with Crippen molar-refractivity contribution < 1.29 is 8.78 Å². The van der Waals surface area contributed by atoms with E-state index in [9.17, 15) is 8.78 Å². The smallest absolute Gasteiger partial charge is 0.159 e. The lowest BCUT2D eigenvalue weighted by Crippen LogP contribution is -2.15. The van der Waals surface area contributed by atoms with Crippen LogP contribution in [0.2, 0.25) is 0 Å². The quantitative estimate of drug-likeness (QED) is 0.393. The summed E-state index contributed by atoms with van der Waals surface area (Å²) in [5.74, 6) is 1.86. The van der Waals surface area contributed by atoms with Gasteiger partial charge in [-0.2, -0.15) is 0 Å². The van der Waals surface area contributed by atoms with Crippen molar-refractivity contribution in [2.75, 3.05) is 0 Å². The van der Waals surface area contributed by atoms with Gasteiger partial charge in [0.2, 0.25) is 0 Å². The molecule has 0 bridgehead atoms. The van der Waals surface area contributed by atoms with Crippen molar-refractivity contribution in [3.63, 3.8) is 0 Å². The Bertz CT molecular complexity index is 605. The average molecular weight is 389 g/mol. The van der Waals surface area contributed by atoms with Gasteiger partial charge in [0, 0.05) is 0 Å². The molecule has 2 aliphatic carbocycles. The van der Waals surface area contributed by atoms with Gasteiger partial charge in [-0.15, -0.1) is 0 Å². The Hall–Kier alpha value is -1.18. The van der Waals surface area contributed by atoms with Crippen LogP contribution in [0.25, 0.3) is 0 Å². The molecule has 2 heteroatoms. The molecule has 0 amide bonds. The summed E-state index contributed by atoms with van der Waals surface area (Å²) in [6.07, 6.45) is 22.0. The lowest BCUT2D eigenvalue weighted by Gasteiger charge is -2.29. The van der Waals surface area contributed by atoms with Gasteiger partial charge in [-0.05, 0) is 106 Å². The number of aryl methyl sites for hydroxylation is 1. The fourth-order valence-corrected chi connectivity index (χ4v) is 5.21. The molecule has 0 N–H and O–H groups in total. The van der Waals surface area contributed by atoms with E-state index in [1.54, 1.807) is 6.07 Å². The van der Waals surface area contributed by atoms with Crippen LogP contribution in [0.5, 0.6) is 0 Å². The minimum absolute atomic E-state index is 0.717. The van der Waals surface area contributed by atoms with Gasteiger partial charge in [0.15, 0.2) is 11.6 Å². The zero-order valence-electron chi connectivity index (χ0n) is 17.6. The maximum Gasteiger partial charge on any atom is 0.159 e. The van der Waals surface area contributed by atoms with Crippen molar-refractivity contribution in [3.05, 3.63) is 47.5 Å². The standard InChI is InChI=1S/C26H38F2/c1-2-3-4-20-5-7-21(8-6-20)9-10-22-11-13-23(14-12-22)15-16-24-17-18-25(27)26(28)19-24/h9-10,17-23H,2-8,11-16H2,1H3/t20-,21-,22-,23-. The van der Waals surface area contributed by atoms with Gasteiger partial charge >= 0.3 is 0 Å². The predicted octanol–water partition coefficient (Wildman–Crippen LogP) is 8.26. The fourth-order valence-electron chi connectivity index (χ4n) is 5.21. The lowest BCUT2D eigenvalue weighted by atomic mass is 9.77. The zero-order valence-corrected chi connectivity index (χ0v) is 17.6. The Morgan fingerprint density at radius 3 is 1.89 bits per heavy atom. The van der Waals surface area contributed by atoms with Gasteiger partial charge in [-0.25, -0.2) is 8.78 Å². The molecule has 0 unspecified atom stereocenters. The third-order valence-electron chi connectivity index (χ3n) is 7.23. The summed E-state index contributed by atoms with van der Waals surface area (Å²) in [6.45, 7) is 2.30. The summed E-state index contributed by atoms with van der Waals surface area (Å²) in [7, 11) is 0. The van der Waals surface area contributed by atoms with E-state index >= 15 is 0 Å². The second kappa shape index (κ2) is 11.1. The highest BCUT2D eigenvalue weighted by molar-refractivity contribution is 5.17. The third kappa shape index (κ3) is 6.71. The van der Waals surface area contributed by atoms with Crippen molar-refractivity contribution in [3.8, 4) is 0 Å². The Morgan fingerprint density at radius 2 is 1.36 bits per heavy atom.